The Morgan fingerprint density at radius 3 is 1.47 bits per heavy atom. The fraction of sp³-hybridized carbons (Fsp3) is 0.783. The molecule has 1 aliphatic heterocycles. The summed E-state index contributed by atoms with van der Waals surface area (Å²) in [6, 6.07) is 0. The van der Waals surface area contributed by atoms with Crippen molar-refractivity contribution in [2.24, 2.45) is 0 Å². The van der Waals surface area contributed by atoms with E-state index < -0.39 is 79.7 Å². The molecule has 0 amide bonds. The Balaban J connectivity index is 1.84. The number of alkyl halides is 17. The first-order chi connectivity index (χ1) is 21.2. The summed E-state index contributed by atoms with van der Waals surface area (Å²) in [6.07, 6.45) is -9.43. The van der Waals surface area contributed by atoms with Gasteiger partial charge in [-0.25, -0.2) is 0 Å². The fourth-order valence-corrected chi connectivity index (χ4v) is 3.51. The van der Waals surface area contributed by atoms with Crippen molar-refractivity contribution in [3.63, 3.8) is 0 Å². The minimum Gasteiger partial charge on any atom is -0.485 e. The summed E-state index contributed by atoms with van der Waals surface area (Å²) in [5.41, 5.74) is 0. The van der Waals surface area contributed by atoms with Gasteiger partial charge in [-0.2, -0.15) is 74.6 Å². The van der Waals surface area contributed by atoms with E-state index >= 15 is 0 Å². The highest BCUT2D eigenvalue weighted by Crippen LogP contribution is 2.64. The number of carbonyl (C=O) groups excluding carboxylic acids is 1. The third-order valence-electron chi connectivity index (χ3n) is 6.19. The molecule has 0 bridgehead atoms. The van der Waals surface area contributed by atoms with Gasteiger partial charge in [-0.05, 0) is 0 Å². The smallest absolute Gasteiger partial charge is 0.460 e. The van der Waals surface area contributed by atoms with Crippen LogP contribution in [0.2, 0.25) is 0 Å². The molecule has 47 heavy (non-hydrogen) atoms. The van der Waals surface area contributed by atoms with Crippen LogP contribution in [0, 0.1) is 0 Å². The molecule has 0 radical (unpaired) electrons. The van der Waals surface area contributed by atoms with Crippen LogP contribution < -0.4 is 9.47 Å². The minimum absolute atomic E-state index is 0.0269. The molecule has 0 aromatic carbocycles. The average Bonchev–Trinajstić information content (AvgIpc) is 3.37. The normalized spacial score (nSPS) is 15.6. The zero-order chi connectivity index (χ0) is 36.3. The topological polar surface area (TPSA) is 68.2 Å². The molecule has 2 heterocycles. The van der Waals surface area contributed by atoms with Gasteiger partial charge in [0.15, 0.2) is 11.5 Å². The van der Waals surface area contributed by atoms with Gasteiger partial charge in [0.2, 0.25) is 0 Å². The lowest BCUT2D eigenvalue weighted by atomic mass is 9.88. The van der Waals surface area contributed by atoms with Crippen molar-refractivity contribution in [1.82, 2.24) is 4.57 Å². The van der Waals surface area contributed by atoms with Crippen molar-refractivity contribution in [3.05, 3.63) is 12.4 Å². The van der Waals surface area contributed by atoms with E-state index in [-0.39, 0.29) is 19.8 Å². The van der Waals surface area contributed by atoms with E-state index in [9.17, 15) is 79.4 Å². The molecular formula is C23H22F17NO6. The second kappa shape index (κ2) is 13.9. The number of carbonyl (C=O) groups is 1. The van der Waals surface area contributed by atoms with Crippen LogP contribution in [0.15, 0.2) is 12.4 Å². The van der Waals surface area contributed by atoms with E-state index in [1.807, 2.05) is 0 Å². The second-order valence-electron chi connectivity index (χ2n) is 9.52. The minimum atomic E-state index is -8.71. The number of esters is 1. The highest BCUT2D eigenvalue weighted by molar-refractivity contribution is 5.69. The van der Waals surface area contributed by atoms with Crippen molar-refractivity contribution < 1.29 is 103 Å². The van der Waals surface area contributed by atoms with E-state index in [0.717, 1.165) is 0 Å². The number of halogens is 17. The zero-order valence-corrected chi connectivity index (χ0v) is 23.0. The van der Waals surface area contributed by atoms with Gasteiger partial charge in [0.25, 0.3) is 0 Å². The van der Waals surface area contributed by atoms with Gasteiger partial charge in [0.1, 0.15) is 19.8 Å². The lowest BCUT2D eigenvalue weighted by Gasteiger charge is -2.42. The lowest BCUT2D eigenvalue weighted by molar-refractivity contribution is -0.461. The number of ether oxygens (including phenoxy) is 5. The van der Waals surface area contributed by atoms with Crippen LogP contribution in [0.1, 0.15) is 12.8 Å². The van der Waals surface area contributed by atoms with Gasteiger partial charge in [0.05, 0.1) is 45.2 Å². The molecule has 7 nitrogen and oxygen atoms in total. The van der Waals surface area contributed by atoms with E-state index in [2.05, 4.69) is 4.74 Å². The molecule has 1 aliphatic rings. The monoisotopic (exact) mass is 731 g/mol. The Morgan fingerprint density at radius 2 is 1.00 bits per heavy atom. The first-order valence-corrected chi connectivity index (χ1v) is 12.7. The van der Waals surface area contributed by atoms with Crippen LogP contribution in [-0.4, -0.2) is 104 Å². The molecule has 0 N–H and O–H groups in total. The molecule has 0 spiro atoms. The quantitative estimate of drug-likeness (QED) is 0.0961. The number of nitrogens with zero attached hydrogens (tertiary/aromatic N) is 1. The molecule has 0 unspecified atom stereocenters. The Hall–Kier alpha value is -2.92. The van der Waals surface area contributed by atoms with Crippen molar-refractivity contribution in [2.75, 3.05) is 46.2 Å². The molecule has 0 aliphatic carbocycles. The van der Waals surface area contributed by atoms with Crippen LogP contribution in [0.3, 0.4) is 0 Å². The molecule has 2 rings (SSSR count). The molecule has 274 valence electrons. The molecule has 0 fully saturated rings. The molecule has 0 atom stereocenters. The largest absolute Gasteiger partial charge is 0.485 e. The van der Waals surface area contributed by atoms with Gasteiger partial charge in [0, 0.05) is 13.0 Å². The number of hydrogen-bond donors (Lipinski definition) is 0. The third-order valence-corrected chi connectivity index (χ3v) is 6.19. The Labute approximate surface area is 251 Å². The summed E-state index contributed by atoms with van der Waals surface area (Å²) in [7, 11) is 0. The van der Waals surface area contributed by atoms with Crippen molar-refractivity contribution in [3.8, 4) is 11.5 Å². The number of aromatic nitrogens is 1. The summed E-state index contributed by atoms with van der Waals surface area (Å²) < 4.78 is 253. The Kier molecular flexibility index (Phi) is 11.9. The summed E-state index contributed by atoms with van der Waals surface area (Å²) in [4.78, 5) is 11.5. The maximum absolute atomic E-state index is 13.9. The summed E-state index contributed by atoms with van der Waals surface area (Å²) in [6.45, 7) is -0.144. The average molecular weight is 731 g/mol. The number of rotatable bonds is 18. The van der Waals surface area contributed by atoms with E-state index in [4.69, 9.17) is 18.9 Å². The maximum atomic E-state index is 13.9. The molecule has 24 heteroatoms. The highest BCUT2D eigenvalue weighted by atomic mass is 19.4. The van der Waals surface area contributed by atoms with Gasteiger partial charge < -0.3 is 28.3 Å². The van der Waals surface area contributed by atoms with Crippen LogP contribution in [-0.2, 0) is 25.5 Å². The molecule has 0 saturated heterocycles. The number of fused-ring (bicyclic) bond motifs is 1. The zero-order valence-electron chi connectivity index (χ0n) is 23.0. The van der Waals surface area contributed by atoms with Crippen molar-refractivity contribution >= 4 is 5.97 Å². The maximum Gasteiger partial charge on any atom is 0.460 e. The lowest BCUT2D eigenvalue weighted by Crippen LogP contribution is -2.74. The van der Waals surface area contributed by atoms with E-state index in [1.165, 1.54) is 0 Å². The number of hydrogen-bond acceptors (Lipinski definition) is 6. The predicted octanol–water partition coefficient (Wildman–Crippen LogP) is 6.63. The third kappa shape index (κ3) is 7.71. The van der Waals surface area contributed by atoms with Crippen molar-refractivity contribution in [2.45, 2.75) is 67.0 Å². The van der Waals surface area contributed by atoms with E-state index in [1.54, 1.807) is 17.0 Å². The van der Waals surface area contributed by atoms with Gasteiger partial charge in [-0.15, -0.1) is 0 Å². The SMILES string of the molecule is O=C(CCC(F)(F)C(F)(F)C(F)(F)C(F)(F)C(F)(F)C(F)(F)C(F)(F)C(F)(F)F)OCCOCCOCCn1cc2c(c1)OCCO2. The van der Waals surface area contributed by atoms with Crippen LogP contribution in [0.5, 0.6) is 11.5 Å². The molecular weight excluding hydrogens is 709 g/mol. The molecule has 1 aromatic heterocycles. The Morgan fingerprint density at radius 1 is 0.596 bits per heavy atom. The van der Waals surface area contributed by atoms with E-state index in [0.29, 0.717) is 31.3 Å². The predicted molar refractivity (Wildman–Crippen MR) is 118 cm³/mol. The van der Waals surface area contributed by atoms with Crippen LogP contribution >= 0.6 is 0 Å². The molecule has 0 saturated carbocycles. The van der Waals surface area contributed by atoms with Crippen LogP contribution in [0.4, 0.5) is 74.6 Å². The summed E-state index contributed by atoms with van der Waals surface area (Å²) >= 11 is 0. The Bertz CT molecular complexity index is 1180. The highest BCUT2D eigenvalue weighted by Gasteiger charge is 2.95. The summed E-state index contributed by atoms with van der Waals surface area (Å²) in [5, 5.41) is 0. The summed E-state index contributed by atoms with van der Waals surface area (Å²) in [5.74, 6) is -57.9. The second-order valence-corrected chi connectivity index (χ2v) is 9.52. The standard InChI is InChI=1S/C23H22F17NO6/c24-16(25,17(26,27)18(28,29)19(30,31)20(32,33)21(34,35)22(36,37)23(38,39)40)2-1-15(42)47-8-7-44-6-5-43-4-3-41-11-13-14(12-41)46-10-9-45-13/h11-12H,1-10H2. The fourth-order valence-electron chi connectivity index (χ4n) is 3.51. The van der Waals surface area contributed by atoms with Gasteiger partial charge in [-0.1, -0.05) is 0 Å². The van der Waals surface area contributed by atoms with Crippen LogP contribution in [0.25, 0.3) is 0 Å². The van der Waals surface area contributed by atoms with Gasteiger partial charge in [-0.3, -0.25) is 4.79 Å². The first-order valence-electron chi connectivity index (χ1n) is 12.7. The van der Waals surface area contributed by atoms with Gasteiger partial charge >= 0.3 is 53.6 Å². The molecule has 1 aromatic rings. The van der Waals surface area contributed by atoms with Crippen molar-refractivity contribution in [1.29, 1.82) is 0 Å². The first kappa shape index (κ1) is 40.3.